The van der Waals surface area contributed by atoms with Gasteiger partial charge in [-0.1, -0.05) is 23.2 Å². The van der Waals surface area contributed by atoms with Crippen LogP contribution in [0, 0.1) is 0 Å². The van der Waals surface area contributed by atoms with Crippen molar-refractivity contribution in [1.29, 1.82) is 0 Å². The normalized spacial score (nSPS) is 10.3. The summed E-state index contributed by atoms with van der Waals surface area (Å²) in [5.41, 5.74) is 1.64. The van der Waals surface area contributed by atoms with Gasteiger partial charge < -0.3 is 0 Å². The fraction of sp³-hybridized carbons (Fsp3) is 0. The van der Waals surface area contributed by atoms with E-state index < -0.39 is 0 Å². The molecule has 0 amide bonds. The summed E-state index contributed by atoms with van der Waals surface area (Å²) in [4.78, 5) is 8.03. The van der Waals surface area contributed by atoms with Crippen LogP contribution in [-0.2, 0) is 0 Å². The Kier molecular flexibility index (Phi) is 2.49. The lowest BCUT2D eigenvalue weighted by Gasteiger charge is -1.96. The predicted octanol–water partition coefficient (Wildman–Crippen LogP) is 3.51. The first-order valence-corrected chi connectivity index (χ1v) is 5.12. The average Bonchev–Trinajstić information content (AvgIpc) is 2.53. The number of halogens is 2. The summed E-state index contributed by atoms with van der Waals surface area (Å²) in [6.07, 6.45) is 3.11. The number of hydrogen-bond donors (Lipinski definition) is 0. The first-order chi connectivity index (χ1) is 6.27. The minimum absolute atomic E-state index is 0.384. The molecular weight excluding hydrogens is 227 g/mol. The molecule has 0 unspecified atom stereocenters. The second-order valence-electron chi connectivity index (χ2n) is 2.33. The maximum Gasteiger partial charge on any atom is 0.147 e. The average molecular weight is 231 g/mol. The van der Waals surface area contributed by atoms with Crippen LogP contribution in [0.2, 0.25) is 9.49 Å². The van der Waals surface area contributed by atoms with Crippen LogP contribution in [0.15, 0.2) is 23.8 Å². The topological polar surface area (TPSA) is 25.8 Å². The van der Waals surface area contributed by atoms with Crippen LogP contribution in [0.3, 0.4) is 0 Å². The molecule has 0 aliphatic carbocycles. The van der Waals surface area contributed by atoms with Crippen LogP contribution >= 0.6 is 34.5 Å². The van der Waals surface area contributed by atoms with Gasteiger partial charge in [0.15, 0.2) is 0 Å². The highest BCUT2D eigenvalue weighted by Crippen LogP contribution is 2.30. The lowest BCUT2D eigenvalue weighted by molar-refractivity contribution is 1.21. The zero-order valence-corrected chi connectivity index (χ0v) is 8.70. The summed E-state index contributed by atoms with van der Waals surface area (Å²) in [5, 5.41) is 2.30. The Hall–Kier alpha value is -0.640. The first kappa shape index (κ1) is 8.94. The molecule has 0 N–H and O–H groups in total. The number of nitrogens with zero attached hydrogens (tertiary/aromatic N) is 2. The Morgan fingerprint density at radius 3 is 2.54 bits per heavy atom. The molecule has 2 nitrogen and oxygen atoms in total. The van der Waals surface area contributed by atoms with Gasteiger partial charge in [0, 0.05) is 5.56 Å². The van der Waals surface area contributed by atoms with Crippen molar-refractivity contribution in [3.8, 4) is 11.3 Å². The molecule has 66 valence electrons. The van der Waals surface area contributed by atoms with E-state index in [1.165, 1.54) is 17.5 Å². The van der Waals surface area contributed by atoms with E-state index in [1.807, 2.05) is 11.4 Å². The van der Waals surface area contributed by atoms with Crippen molar-refractivity contribution in [3.63, 3.8) is 0 Å². The maximum atomic E-state index is 5.93. The lowest BCUT2D eigenvalue weighted by Crippen LogP contribution is -1.83. The van der Waals surface area contributed by atoms with Crippen LogP contribution in [0.25, 0.3) is 11.3 Å². The molecule has 0 radical (unpaired) electrons. The zero-order valence-electron chi connectivity index (χ0n) is 6.37. The van der Waals surface area contributed by atoms with Gasteiger partial charge in [-0.05, 0) is 11.4 Å². The number of hydrogen-bond acceptors (Lipinski definition) is 3. The number of rotatable bonds is 1. The van der Waals surface area contributed by atoms with E-state index in [0.29, 0.717) is 5.15 Å². The molecule has 0 spiro atoms. The van der Waals surface area contributed by atoms with Gasteiger partial charge in [0.1, 0.15) is 9.49 Å². The smallest absolute Gasteiger partial charge is 0.147 e. The molecule has 2 aromatic rings. The van der Waals surface area contributed by atoms with Crippen molar-refractivity contribution in [2.24, 2.45) is 0 Å². The van der Waals surface area contributed by atoms with E-state index in [1.54, 1.807) is 6.20 Å². The third kappa shape index (κ3) is 1.82. The number of thiophene rings is 1. The van der Waals surface area contributed by atoms with Crippen molar-refractivity contribution < 1.29 is 0 Å². The summed E-state index contributed by atoms with van der Waals surface area (Å²) >= 11 is 13.0. The van der Waals surface area contributed by atoms with Crippen LogP contribution in [0.5, 0.6) is 0 Å². The highest BCUT2D eigenvalue weighted by molar-refractivity contribution is 7.15. The summed E-state index contributed by atoms with van der Waals surface area (Å²) in [6, 6.07) is 1.91. The minimum atomic E-state index is 0.384. The van der Waals surface area contributed by atoms with E-state index in [4.69, 9.17) is 23.2 Å². The molecule has 13 heavy (non-hydrogen) atoms. The second-order valence-corrected chi connectivity index (χ2v) is 4.24. The van der Waals surface area contributed by atoms with Crippen molar-refractivity contribution in [2.45, 2.75) is 0 Å². The Bertz CT molecular complexity index is 410. The van der Waals surface area contributed by atoms with Crippen molar-refractivity contribution in [2.75, 3.05) is 0 Å². The molecule has 0 fully saturated rings. The second kappa shape index (κ2) is 3.62. The Labute approximate surface area is 89.2 Å². The third-order valence-corrected chi connectivity index (χ3v) is 2.88. The molecule has 0 saturated heterocycles. The largest absolute Gasteiger partial charge is 0.251 e. The third-order valence-electron chi connectivity index (χ3n) is 1.51. The molecule has 0 aromatic carbocycles. The van der Waals surface area contributed by atoms with E-state index in [9.17, 15) is 0 Å². The van der Waals surface area contributed by atoms with Gasteiger partial charge in [0.05, 0.1) is 18.1 Å². The van der Waals surface area contributed by atoms with E-state index in [0.717, 1.165) is 15.6 Å². The van der Waals surface area contributed by atoms with Gasteiger partial charge in [-0.3, -0.25) is 4.98 Å². The molecule has 0 bridgehead atoms. The van der Waals surface area contributed by atoms with Crippen LogP contribution in [0.4, 0.5) is 0 Å². The SMILES string of the molecule is Clc1cnc(-c2ccsc2Cl)cn1. The van der Waals surface area contributed by atoms with E-state index >= 15 is 0 Å². The fourth-order valence-electron chi connectivity index (χ4n) is 0.928. The predicted molar refractivity (Wildman–Crippen MR) is 55.4 cm³/mol. The van der Waals surface area contributed by atoms with Crippen LogP contribution < -0.4 is 0 Å². The molecular formula is C8H4Cl2N2S. The van der Waals surface area contributed by atoms with E-state index in [-0.39, 0.29) is 0 Å². The fourth-order valence-corrected chi connectivity index (χ4v) is 1.96. The highest BCUT2D eigenvalue weighted by atomic mass is 35.5. The van der Waals surface area contributed by atoms with Gasteiger partial charge in [-0.25, -0.2) is 4.98 Å². The highest BCUT2D eigenvalue weighted by Gasteiger charge is 2.05. The molecule has 0 aliphatic heterocycles. The first-order valence-electron chi connectivity index (χ1n) is 3.48. The molecule has 5 heteroatoms. The monoisotopic (exact) mass is 230 g/mol. The summed E-state index contributed by atoms with van der Waals surface area (Å²) in [5.74, 6) is 0. The Morgan fingerprint density at radius 2 is 2.00 bits per heavy atom. The standard InChI is InChI=1S/C8H4Cl2N2S/c9-7-4-11-6(3-12-7)5-1-2-13-8(5)10/h1-4H. The zero-order chi connectivity index (χ0) is 9.26. The molecule has 0 aliphatic rings. The Morgan fingerprint density at radius 1 is 1.15 bits per heavy atom. The summed E-state index contributed by atoms with van der Waals surface area (Å²) < 4.78 is 0.719. The van der Waals surface area contributed by atoms with Gasteiger partial charge in [-0.15, -0.1) is 11.3 Å². The van der Waals surface area contributed by atoms with Crippen molar-refractivity contribution in [1.82, 2.24) is 9.97 Å². The minimum Gasteiger partial charge on any atom is -0.251 e. The molecule has 2 heterocycles. The van der Waals surface area contributed by atoms with Gasteiger partial charge in [0.25, 0.3) is 0 Å². The van der Waals surface area contributed by atoms with Crippen LogP contribution in [-0.4, -0.2) is 9.97 Å². The van der Waals surface area contributed by atoms with Gasteiger partial charge >= 0.3 is 0 Å². The molecule has 2 rings (SSSR count). The van der Waals surface area contributed by atoms with Crippen molar-refractivity contribution >= 4 is 34.5 Å². The summed E-state index contributed by atoms with van der Waals surface area (Å²) in [6.45, 7) is 0. The maximum absolute atomic E-state index is 5.93. The van der Waals surface area contributed by atoms with Crippen molar-refractivity contribution in [3.05, 3.63) is 33.3 Å². The Balaban J connectivity index is 2.47. The van der Waals surface area contributed by atoms with Crippen LogP contribution in [0.1, 0.15) is 0 Å². The molecule has 0 saturated carbocycles. The number of aromatic nitrogens is 2. The molecule has 0 atom stereocenters. The summed E-state index contributed by atoms with van der Waals surface area (Å²) in [7, 11) is 0. The van der Waals surface area contributed by atoms with E-state index in [2.05, 4.69) is 9.97 Å². The van der Waals surface area contributed by atoms with Gasteiger partial charge in [0.2, 0.25) is 0 Å². The quantitative estimate of drug-likeness (QED) is 0.750. The van der Waals surface area contributed by atoms with Gasteiger partial charge in [-0.2, -0.15) is 0 Å². The lowest BCUT2D eigenvalue weighted by atomic mass is 10.2. The molecule has 2 aromatic heterocycles.